The topological polar surface area (TPSA) is 40.5 Å². The molecule has 86 valence electrons. The van der Waals surface area contributed by atoms with Crippen molar-refractivity contribution >= 4 is 5.97 Å². The summed E-state index contributed by atoms with van der Waals surface area (Å²) in [5, 5.41) is 9.33. The van der Waals surface area contributed by atoms with E-state index in [2.05, 4.69) is 11.8 Å². The Bertz CT molecular complexity index is 240. The van der Waals surface area contributed by atoms with Gasteiger partial charge in [-0.05, 0) is 18.8 Å². The molecule has 1 saturated carbocycles. The van der Waals surface area contributed by atoms with Gasteiger partial charge in [0.05, 0.1) is 5.41 Å². The van der Waals surface area contributed by atoms with Crippen molar-refractivity contribution in [1.82, 2.24) is 4.90 Å². The average Bonchev–Trinajstić information content (AvgIpc) is 2.60. The number of hydrogen-bond acceptors (Lipinski definition) is 2. The molecule has 0 radical (unpaired) electrons. The number of rotatable bonds is 4. The Morgan fingerprint density at radius 1 is 1.40 bits per heavy atom. The first-order chi connectivity index (χ1) is 7.16. The number of likely N-dealkylation sites (tertiary alicyclic amines) is 1. The van der Waals surface area contributed by atoms with Gasteiger partial charge in [0.1, 0.15) is 0 Å². The van der Waals surface area contributed by atoms with Gasteiger partial charge in [0.2, 0.25) is 0 Å². The molecule has 15 heavy (non-hydrogen) atoms. The van der Waals surface area contributed by atoms with Crippen LogP contribution in [0.15, 0.2) is 0 Å². The second-order valence-electron chi connectivity index (χ2n) is 5.26. The van der Waals surface area contributed by atoms with Crippen molar-refractivity contribution in [3.05, 3.63) is 0 Å². The summed E-state index contributed by atoms with van der Waals surface area (Å²) in [5.41, 5.74) is -0.404. The zero-order valence-electron chi connectivity index (χ0n) is 9.54. The zero-order valence-corrected chi connectivity index (χ0v) is 9.54. The van der Waals surface area contributed by atoms with E-state index in [-0.39, 0.29) is 0 Å². The first kappa shape index (κ1) is 10.9. The maximum Gasteiger partial charge on any atom is 0.310 e. The third-order valence-corrected chi connectivity index (χ3v) is 4.15. The lowest BCUT2D eigenvalue weighted by Crippen LogP contribution is -2.52. The molecule has 1 aliphatic heterocycles. The van der Waals surface area contributed by atoms with Crippen molar-refractivity contribution in [2.24, 2.45) is 11.3 Å². The van der Waals surface area contributed by atoms with Crippen LogP contribution in [0, 0.1) is 11.3 Å². The van der Waals surface area contributed by atoms with Crippen LogP contribution >= 0.6 is 0 Å². The van der Waals surface area contributed by atoms with Crippen molar-refractivity contribution in [2.45, 2.75) is 39.0 Å². The minimum atomic E-state index is -0.569. The summed E-state index contributed by atoms with van der Waals surface area (Å²) in [6.45, 7) is 5.24. The summed E-state index contributed by atoms with van der Waals surface area (Å²) in [6, 6.07) is 0. The zero-order chi connectivity index (χ0) is 10.9. The van der Waals surface area contributed by atoms with Gasteiger partial charge in [-0.25, -0.2) is 0 Å². The van der Waals surface area contributed by atoms with Crippen LogP contribution in [0.1, 0.15) is 39.0 Å². The van der Waals surface area contributed by atoms with Gasteiger partial charge < -0.3 is 10.0 Å². The summed E-state index contributed by atoms with van der Waals surface area (Å²) in [5.74, 6) is 0.247. The molecule has 0 unspecified atom stereocenters. The fraction of sp³-hybridized carbons (Fsp3) is 0.917. The van der Waals surface area contributed by atoms with Crippen LogP contribution in [-0.4, -0.2) is 35.6 Å². The maximum atomic E-state index is 11.3. The Morgan fingerprint density at radius 2 is 2.00 bits per heavy atom. The van der Waals surface area contributed by atoms with E-state index in [1.54, 1.807) is 0 Å². The van der Waals surface area contributed by atoms with Crippen molar-refractivity contribution in [2.75, 3.05) is 19.6 Å². The van der Waals surface area contributed by atoms with E-state index in [9.17, 15) is 9.90 Å². The minimum Gasteiger partial charge on any atom is -0.481 e. The van der Waals surface area contributed by atoms with Crippen molar-refractivity contribution in [3.63, 3.8) is 0 Å². The van der Waals surface area contributed by atoms with Crippen LogP contribution in [0.25, 0.3) is 0 Å². The first-order valence-electron chi connectivity index (χ1n) is 6.12. The monoisotopic (exact) mass is 211 g/mol. The molecule has 3 heteroatoms. The summed E-state index contributed by atoms with van der Waals surface area (Å²) >= 11 is 0. The lowest BCUT2D eigenvalue weighted by molar-refractivity contribution is -0.151. The molecule has 2 fully saturated rings. The second-order valence-corrected chi connectivity index (χ2v) is 5.26. The lowest BCUT2D eigenvalue weighted by atomic mass is 9.83. The molecule has 1 saturated heterocycles. The second kappa shape index (κ2) is 4.12. The molecule has 1 heterocycles. The molecule has 1 aliphatic carbocycles. The summed E-state index contributed by atoms with van der Waals surface area (Å²) in [4.78, 5) is 13.7. The van der Waals surface area contributed by atoms with Crippen LogP contribution in [0.5, 0.6) is 0 Å². The van der Waals surface area contributed by atoms with Gasteiger partial charge in [0.25, 0.3) is 0 Å². The van der Waals surface area contributed by atoms with E-state index < -0.39 is 11.4 Å². The Labute approximate surface area is 91.5 Å². The van der Waals surface area contributed by atoms with E-state index in [1.807, 2.05) is 0 Å². The Hall–Kier alpha value is -0.570. The molecular weight excluding hydrogens is 190 g/mol. The SMILES string of the molecule is CCC1CN(CC2(C(=O)O)CCCC2)C1. The number of carbonyl (C=O) groups is 1. The largest absolute Gasteiger partial charge is 0.481 e. The third-order valence-electron chi connectivity index (χ3n) is 4.15. The predicted molar refractivity (Wildman–Crippen MR) is 58.8 cm³/mol. The summed E-state index contributed by atoms with van der Waals surface area (Å²) < 4.78 is 0. The molecule has 3 nitrogen and oxygen atoms in total. The Balaban J connectivity index is 1.88. The highest BCUT2D eigenvalue weighted by atomic mass is 16.4. The fourth-order valence-corrected chi connectivity index (χ4v) is 2.98. The van der Waals surface area contributed by atoms with E-state index >= 15 is 0 Å². The molecule has 0 aromatic carbocycles. The molecule has 0 aromatic rings. The fourth-order valence-electron chi connectivity index (χ4n) is 2.98. The van der Waals surface area contributed by atoms with E-state index in [0.29, 0.717) is 0 Å². The molecule has 2 aliphatic rings. The average molecular weight is 211 g/mol. The molecule has 0 atom stereocenters. The van der Waals surface area contributed by atoms with Gasteiger partial charge in [0.15, 0.2) is 0 Å². The molecule has 0 aromatic heterocycles. The highest BCUT2D eigenvalue weighted by Crippen LogP contribution is 2.40. The molecule has 0 amide bonds. The third kappa shape index (κ3) is 2.03. The van der Waals surface area contributed by atoms with Gasteiger partial charge in [-0.15, -0.1) is 0 Å². The van der Waals surface area contributed by atoms with Crippen molar-refractivity contribution < 1.29 is 9.90 Å². The van der Waals surface area contributed by atoms with Crippen molar-refractivity contribution in [1.29, 1.82) is 0 Å². The van der Waals surface area contributed by atoms with Crippen LogP contribution in [0.2, 0.25) is 0 Å². The number of carboxylic acid groups (broad SMARTS) is 1. The van der Waals surface area contributed by atoms with E-state index in [4.69, 9.17) is 0 Å². The summed E-state index contributed by atoms with van der Waals surface area (Å²) in [6.07, 6.45) is 5.19. The molecule has 0 bridgehead atoms. The molecule has 1 N–H and O–H groups in total. The van der Waals surface area contributed by atoms with Crippen LogP contribution in [0.4, 0.5) is 0 Å². The number of hydrogen-bond donors (Lipinski definition) is 1. The van der Waals surface area contributed by atoms with Gasteiger partial charge in [0, 0.05) is 19.6 Å². The smallest absolute Gasteiger partial charge is 0.310 e. The van der Waals surface area contributed by atoms with Crippen LogP contribution in [-0.2, 0) is 4.79 Å². The predicted octanol–water partition coefficient (Wildman–Crippen LogP) is 1.97. The molecule has 0 spiro atoms. The van der Waals surface area contributed by atoms with Gasteiger partial charge in [-0.1, -0.05) is 26.2 Å². The Kier molecular flexibility index (Phi) is 3.01. The van der Waals surface area contributed by atoms with E-state index in [0.717, 1.165) is 51.2 Å². The van der Waals surface area contributed by atoms with E-state index in [1.165, 1.54) is 6.42 Å². The maximum absolute atomic E-state index is 11.3. The first-order valence-corrected chi connectivity index (χ1v) is 6.12. The quantitative estimate of drug-likeness (QED) is 0.773. The Morgan fingerprint density at radius 3 is 2.47 bits per heavy atom. The molecular formula is C12H21NO2. The van der Waals surface area contributed by atoms with Gasteiger partial charge >= 0.3 is 5.97 Å². The standard InChI is InChI=1S/C12H21NO2/c1-2-10-7-13(8-10)9-12(11(14)15)5-3-4-6-12/h10H,2-9H2,1H3,(H,14,15). The number of nitrogens with zero attached hydrogens (tertiary/aromatic N) is 1. The normalized spacial score (nSPS) is 26.5. The van der Waals surface area contributed by atoms with Crippen LogP contribution in [0.3, 0.4) is 0 Å². The highest BCUT2D eigenvalue weighted by molar-refractivity contribution is 5.75. The number of aliphatic carboxylic acids is 1. The highest BCUT2D eigenvalue weighted by Gasteiger charge is 2.44. The van der Waals surface area contributed by atoms with Gasteiger partial charge in [-0.2, -0.15) is 0 Å². The van der Waals surface area contributed by atoms with Gasteiger partial charge in [-0.3, -0.25) is 4.79 Å². The van der Waals surface area contributed by atoms with Crippen LogP contribution < -0.4 is 0 Å². The lowest BCUT2D eigenvalue weighted by Gasteiger charge is -2.43. The number of carboxylic acids is 1. The molecule has 2 rings (SSSR count). The summed E-state index contributed by atoms with van der Waals surface area (Å²) in [7, 11) is 0. The van der Waals surface area contributed by atoms with Crippen molar-refractivity contribution in [3.8, 4) is 0 Å². The minimum absolute atomic E-state index is 0.404.